The zero-order chi connectivity index (χ0) is 23.1. The fourth-order valence-corrected chi connectivity index (χ4v) is 3.40. The second-order valence-electron chi connectivity index (χ2n) is 7.71. The number of nitrogens with one attached hydrogen (secondary N) is 2. The Morgan fingerprint density at radius 3 is 2.61 bits per heavy atom. The SMILES string of the molecule is COC(=O)CNC(=O)[C@@H](NC(=O)C[C@@H]1CCC(=O)N1Cc1cccc(F)c1F)C(C)C. The number of nitrogens with zero attached hydrogens (tertiary/aromatic N) is 1. The molecule has 1 aromatic rings. The summed E-state index contributed by atoms with van der Waals surface area (Å²) in [6, 6.07) is 2.36. The van der Waals surface area contributed by atoms with Gasteiger partial charge in [-0.2, -0.15) is 0 Å². The van der Waals surface area contributed by atoms with Crippen LogP contribution in [0.5, 0.6) is 0 Å². The van der Waals surface area contributed by atoms with Crippen molar-refractivity contribution in [2.75, 3.05) is 13.7 Å². The zero-order valence-corrected chi connectivity index (χ0v) is 17.7. The molecular formula is C21H27F2N3O5. The number of likely N-dealkylation sites (tertiary alicyclic amines) is 1. The Morgan fingerprint density at radius 1 is 1.26 bits per heavy atom. The van der Waals surface area contributed by atoms with Crippen molar-refractivity contribution in [3.05, 3.63) is 35.4 Å². The van der Waals surface area contributed by atoms with Crippen molar-refractivity contribution in [2.45, 2.75) is 51.7 Å². The minimum Gasteiger partial charge on any atom is -0.468 e. The topological polar surface area (TPSA) is 105 Å². The molecule has 1 aliphatic rings. The van der Waals surface area contributed by atoms with Crippen molar-refractivity contribution in [1.29, 1.82) is 0 Å². The van der Waals surface area contributed by atoms with Gasteiger partial charge in [0.2, 0.25) is 17.7 Å². The Bertz CT molecular complexity index is 846. The molecule has 2 N–H and O–H groups in total. The largest absolute Gasteiger partial charge is 0.468 e. The fourth-order valence-electron chi connectivity index (χ4n) is 3.40. The number of benzene rings is 1. The van der Waals surface area contributed by atoms with Crippen molar-refractivity contribution >= 4 is 23.7 Å². The maximum atomic E-state index is 14.0. The van der Waals surface area contributed by atoms with E-state index in [-0.39, 0.29) is 43.3 Å². The predicted molar refractivity (Wildman–Crippen MR) is 106 cm³/mol. The van der Waals surface area contributed by atoms with E-state index in [0.29, 0.717) is 6.42 Å². The molecule has 1 fully saturated rings. The van der Waals surface area contributed by atoms with E-state index in [1.165, 1.54) is 24.1 Å². The van der Waals surface area contributed by atoms with Crippen LogP contribution in [0.3, 0.4) is 0 Å². The van der Waals surface area contributed by atoms with E-state index >= 15 is 0 Å². The molecule has 0 saturated carbocycles. The summed E-state index contributed by atoms with van der Waals surface area (Å²) in [4.78, 5) is 49.7. The van der Waals surface area contributed by atoms with Crippen LogP contribution >= 0.6 is 0 Å². The number of carbonyl (C=O) groups excluding carboxylic acids is 4. The monoisotopic (exact) mass is 439 g/mol. The average molecular weight is 439 g/mol. The lowest BCUT2D eigenvalue weighted by molar-refractivity contribution is -0.141. The van der Waals surface area contributed by atoms with Crippen LogP contribution in [-0.2, 0) is 30.5 Å². The van der Waals surface area contributed by atoms with Gasteiger partial charge in [0.15, 0.2) is 11.6 Å². The number of hydrogen-bond donors (Lipinski definition) is 2. The van der Waals surface area contributed by atoms with E-state index in [9.17, 15) is 28.0 Å². The van der Waals surface area contributed by atoms with Crippen molar-refractivity contribution in [3.63, 3.8) is 0 Å². The average Bonchev–Trinajstić information content (AvgIpc) is 3.06. The van der Waals surface area contributed by atoms with Crippen LogP contribution < -0.4 is 10.6 Å². The number of methoxy groups -OCH3 is 1. The van der Waals surface area contributed by atoms with E-state index in [1.807, 2.05) is 0 Å². The Labute approximate surface area is 179 Å². The lowest BCUT2D eigenvalue weighted by Crippen LogP contribution is -2.51. The Kier molecular flexibility index (Phi) is 8.47. The van der Waals surface area contributed by atoms with Gasteiger partial charge in [-0.25, -0.2) is 8.78 Å². The van der Waals surface area contributed by atoms with Crippen molar-refractivity contribution < 1.29 is 32.7 Å². The summed E-state index contributed by atoms with van der Waals surface area (Å²) in [5.41, 5.74) is 0.0305. The Hall–Kier alpha value is -3.04. The molecule has 1 aliphatic heterocycles. The van der Waals surface area contributed by atoms with Crippen LogP contribution in [0.4, 0.5) is 8.78 Å². The zero-order valence-electron chi connectivity index (χ0n) is 17.7. The van der Waals surface area contributed by atoms with E-state index in [1.54, 1.807) is 13.8 Å². The van der Waals surface area contributed by atoms with Gasteiger partial charge in [0.1, 0.15) is 12.6 Å². The molecule has 2 atom stereocenters. The lowest BCUT2D eigenvalue weighted by Gasteiger charge is -2.26. The second kappa shape index (κ2) is 10.8. The van der Waals surface area contributed by atoms with Gasteiger partial charge in [-0.15, -0.1) is 0 Å². The fraction of sp³-hybridized carbons (Fsp3) is 0.524. The predicted octanol–water partition coefficient (Wildman–Crippen LogP) is 1.28. The van der Waals surface area contributed by atoms with Crippen LogP contribution in [0.1, 0.15) is 38.7 Å². The number of ether oxygens (including phenoxy) is 1. The molecule has 0 unspecified atom stereocenters. The lowest BCUT2D eigenvalue weighted by atomic mass is 10.0. The third-order valence-electron chi connectivity index (χ3n) is 5.15. The first-order chi connectivity index (χ1) is 14.6. The molecule has 1 saturated heterocycles. The van der Waals surface area contributed by atoms with E-state index in [4.69, 9.17) is 0 Å². The third kappa shape index (κ3) is 6.47. The minimum absolute atomic E-state index is 0.0305. The summed E-state index contributed by atoms with van der Waals surface area (Å²) < 4.78 is 32.0. The molecule has 170 valence electrons. The highest BCUT2D eigenvalue weighted by Crippen LogP contribution is 2.25. The summed E-state index contributed by atoms with van der Waals surface area (Å²) in [5.74, 6) is -4.15. The van der Waals surface area contributed by atoms with Gasteiger partial charge in [-0.1, -0.05) is 26.0 Å². The molecule has 0 aromatic heterocycles. The normalized spacial score (nSPS) is 16.9. The van der Waals surface area contributed by atoms with Gasteiger partial charge in [0.25, 0.3) is 0 Å². The quantitative estimate of drug-likeness (QED) is 0.564. The summed E-state index contributed by atoms with van der Waals surface area (Å²) in [5, 5.41) is 5.03. The standard InChI is InChI=1S/C21H27F2N3O5/c1-12(2)20(21(30)24-10-18(29)31-3)25-16(27)9-14-7-8-17(28)26(14)11-13-5-4-6-15(22)19(13)23/h4-6,12,14,20H,7-11H2,1-3H3,(H,24,30)(H,25,27)/t14-,20-/m0/s1. The highest BCUT2D eigenvalue weighted by molar-refractivity contribution is 5.90. The Morgan fingerprint density at radius 2 is 1.97 bits per heavy atom. The maximum absolute atomic E-state index is 14.0. The summed E-state index contributed by atoms with van der Waals surface area (Å²) in [6.07, 6.45) is 0.502. The van der Waals surface area contributed by atoms with Gasteiger partial charge in [-0.05, 0) is 18.4 Å². The highest BCUT2D eigenvalue weighted by atomic mass is 19.2. The van der Waals surface area contributed by atoms with Gasteiger partial charge >= 0.3 is 5.97 Å². The first-order valence-corrected chi connectivity index (χ1v) is 10.00. The molecule has 31 heavy (non-hydrogen) atoms. The molecule has 8 nitrogen and oxygen atoms in total. The van der Waals surface area contributed by atoms with Crippen molar-refractivity contribution in [1.82, 2.24) is 15.5 Å². The molecule has 0 radical (unpaired) electrons. The summed E-state index contributed by atoms with van der Waals surface area (Å²) in [7, 11) is 1.19. The molecule has 2 rings (SSSR count). The highest BCUT2D eigenvalue weighted by Gasteiger charge is 2.34. The molecular weight excluding hydrogens is 412 g/mol. The molecule has 3 amide bonds. The summed E-state index contributed by atoms with van der Waals surface area (Å²) >= 11 is 0. The number of halogens is 2. The summed E-state index contributed by atoms with van der Waals surface area (Å²) in [6.45, 7) is 3.01. The van der Waals surface area contributed by atoms with Crippen LogP contribution in [0.15, 0.2) is 18.2 Å². The van der Waals surface area contributed by atoms with Crippen molar-refractivity contribution in [3.8, 4) is 0 Å². The smallest absolute Gasteiger partial charge is 0.325 e. The molecule has 0 bridgehead atoms. The van der Waals surface area contributed by atoms with Crippen LogP contribution in [0.25, 0.3) is 0 Å². The number of rotatable bonds is 9. The number of hydrogen-bond acceptors (Lipinski definition) is 5. The van der Waals surface area contributed by atoms with E-state index < -0.39 is 41.5 Å². The van der Waals surface area contributed by atoms with Crippen molar-refractivity contribution in [2.24, 2.45) is 5.92 Å². The maximum Gasteiger partial charge on any atom is 0.325 e. The van der Waals surface area contributed by atoms with Crippen LogP contribution in [0.2, 0.25) is 0 Å². The molecule has 0 spiro atoms. The first-order valence-electron chi connectivity index (χ1n) is 10.00. The van der Waals surface area contributed by atoms with Gasteiger partial charge < -0.3 is 20.3 Å². The first kappa shape index (κ1) is 24.2. The minimum atomic E-state index is -1.02. The van der Waals surface area contributed by atoms with Crippen LogP contribution in [0, 0.1) is 17.6 Å². The number of carbonyl (C=O) groups is 4. The van der Waals surface area contributed by atoms with Crippen LogP contribution in [-0.4, -0.2) is 54.3 Å². The third-order valence-corrected chi connectivity index (χ3v) is 5.15. The van der Waals surface area contributed by atoms with E-state index in [0.717, 1.165) is 6.07 Å². The van der Waals surface area contributed by atoms with Gasteiger partial charge in [0, 0.05) is 31.0 Å². The molecule has 0 aliphatic carbocycles. The van der Waals surface area contributed by atoms with Gasteiger partial charge in [-0.3, -0.25) is 19.2 Å². The number of esters is 1. The molecule has 10 heteroatoms. The number of amides is 3. The molecule has 1 heterocycles. The second-order valence-corrected chi connectivity index (χ2v) is 7.71. The molecule has 1 aromatic carbocycles. The Balaban J connectivity index is 2.01. The van der Waals surface area contributed by atoms with E-state index in [2.05, 4.69) is 15.4 Å². The van der Waals surface area contributed by atoms with Gasteiger partial charge in [0.05, 0.1) is 7.11 Å².